The van der Waals surface area contributed by atoms with Gasteiger partial charge in [0.05, 0.1) is 6.10 Å². The summed E-state index contributed by atoms with van der Waals surface area (Å²) in [6.45, 7) is 5.21. The highest BCUT2D eigenvalue weighted by Gasteiger charge is 2.22. The van der Waals surface area contributed by atoms with Crippen LogP contribution >= 0.6 is 0 Å². The average molecular weight is 326 g/mol. The third kappa shape index (κ3) is 5.80. The Morgan fingerprint density at radius 2 is 1.46 bits per heavy atom. The highest BCUT2D eigenvalue weighted by atomic mass is 16.3. The molecule has 0 aliphatic heterocycles. The number of rotatable bonds is 8. The number of aliphatic hydroxyl groups excluding tert-OH is 1. The Labute approximate surface area is 144 Å². The predicted octanol–water partition coefficient (Wildman–Crippen LogP) is 2.57. The molecule has 0 fully saturated rings. The van der Waals surface area contributed by atoms with E-state index in [-0.39, 0.29) is 18.5 Å². The van der Waals surface area contributed by atoms with Gasteiger partial charge in [-0.25, -0.2) is 0 Å². The maximum absolute atomic E-state index is 11.1. The molecule has 2 aromatic carbocycles. The van der Waals surface area contributed by atoms with Gasteiger partial charge in [-0.15, -0.1) is 0 Å². The molecule has 128 valence electrons. The molecule has 24 heavy (non-hydrogen) atoms. The fourth-order valence-corrected chi connectivity index (χ4v) is 2.64. The topological polar surface area (TPSA) is 52.6 Å². The first-order valence-electron chi connectivity index (χ1n) is 8.30. The normalized spacial score (nSPS) is 13.5. The van der Waals surface area contributed by atoms with Crippen LogP contribution in [0.4, 0.5) is 0 Å². The second kappa shape index (κ2) is 9.21. The van der Waals surface area contributed by atoms with Gasteiger partial charge in [-0.1, -0.05) is 60.7 Å². The van der Waals surface area contributed by atoms with Crippen molar-refractivity contribution in [1.82, 2.24) is 10.2 Å². The van der Waals surface area contributed by atoms with Crippen molar-refractivity contribution in [3.8, 4) is 0 Å². The Morgan fingerprint density at radius 3 is 1.88 bits per heavy atom. The van der Waals surface area contributed by atoms with Crippen LogP contribution in [-0.4, -0.2) is 34.6 Å². The van der Waals surface area contributed by atoms with Crippen molar-refractivity contribution in [3.63, 3.8) is 0 Å². The minimum atomic E-state index is -0.624. The van der Waals surface area contributed by atoms with Gasteiger partial charge < -0.3 is 10.4 Å². The zero-order chi connectivity index (χ0) is 17.4. The summed E-state index contributed by atoms with van der Waals surface area (Å²) in [5, 5.41) is 13.1. The van der Waals surface area contributed by atoms with Crippen LogP contribution < -0.4 is 5.32 Å². The third-order valence-electron chi connectivity index (χ3n) is 4.15. The minimum absolute atomic E-state index is 0.0859. The summed E-state index contributed by atoms with van der Waals surface area (Å²) in [5.74, 6) is -0.126. The van der Waals surface area contributed by atoms with Crippen molar-refractivity contribution in [1.29, 1.82) is 0 Å². The van der Waals surface area contributed by atoms with Crippen molar-refractivity contribution in [2.45, 2.75) is 39.1 Å². The molecule has 2 aromatic rings. The minimum Gasteiger partial charge on any atom is -0.390 e. The molecule has 0 heterocycles. The lowest BCUT2D eigenvalue weighted by molar-refractivity contribution is -0.119. The number of hydrogen-bond acceptors (Lipinski definition) is 3. The first kappa shape index (κ1) is 18.2. The number of nitrogens with one attached hydrogen (secondary N) is 1. The standard InChI is InChI=1S/C20H26N2O2/c1-16(20(24)13-21-17(2)23)22(14-18-9-5-3-6-10-18)15-19-11-7-4-8-12-19/h3-12,16,20,24H,13-15H2,1-2H3,(H,21,23)/t16-,20-/m0/s1. The predicted molar refractivity (Wildman–Crippen MR) is 96.3 cm³/mol. The third-order valence-corrected chi connectivity index (χ3v) is 4.15. The van der Waals surface area contributed by atoms with Gasteiger partial charge >= 0.3 is 0 Å². The summed E-state index contributed by atoms with van der Waals surface area (Å²) in [7, 11) is 0. The van der Waals surface area contributed by atoms with Gasteiger partial charge in [-0.05, 0) is 18.1 Å². The molecule has 0 saturated carbocycles. The zero-order valence-electron chi connectivity index (χ0n) is 14.4. The highest BCUT2D eigenvalue weighted by Crippen LogP contribution is 2.15. The molecule has 0 bridgehead atoms. The summed E-state index contributed by atoms with van der Waals surface area (Å²) < 4.78 is 0. The molecule has 0 aliphatic carbocycles. The quantitative estimate of drug-likeness (QED) is 0.784. The van der Waals surface area contributed by atoms with E-state index in [1.807, 2.05) is 43.3 Å². The van der Waals surface area contributed by atoms with E-state index in [0.717, 1.165) is 13.1 Å². The van der Waals surface area contributed by atoms with Gasteiger partial charge in [-0.2, -0.15) is 0 Å². The molecule has 0 unspecified atom stereocenters. The lowest BCUT2D eigenvalue weighted by Gasteiger charge is -2.32. The van der Waals surface area contributed by atoms with Crippen LogP contribution in [0.3, 0.4) is 0 Å². The molecule has 0 radical (unpaired) electrons. The molecule has 2 N–H and O–H groups in total. The Hall–Kier alpha value is -2.17. The van der Waals surface area contributed by atoms with Gasteiger partial charge in [0.2, 0.25) is 5.91 Å². The molecular formula is C20H26N2O2. The van der Waals surface area contributed by atoms with Crippen molar-refractivity contribution in [2.24, 2.45) is 0 Å². The molecule has 0 spiro atoms. The van der Waals surface area contributed by atoms with Crippen molar-refractivity contribution < 1.29 is 9.90 Å². The van der Waals surface area contributed by atoms with E-state index < -0.39 is 6.10 Å². The molecule has 2 atom stereocenters. The van der Waals surface area contributed by atoms with Crippen molar-refractivity contribution in [3.05, 3.63) is 71.8 Å². The smallest absolute Gasteiger partial charge is 0.216 e. The summed E-state index contributed by atoms with van der Waals surface area (Å²) in [6, 6.07) is 20.4. The van der Waals surface area contributed by atoms with E-state index in [1.165, 1.54) is 18.1 Å². The van der Waals surface area contributed by atoms with E-state index in [1.54, 1.807) is 0 Å². The van der Waals surface area contributed by atoms with Crippen LogP contribution in [0.5, 0.6) is 0 Å². The SMILES string of the molecule is CC(=O)NC[C@H](O)[C@H](C)N(Cc1ccccc1)Cc1ccccc1. The molecule has 0 saturated heterocycles. The second-order valence-corrected chi connectivity index (χ2v) is 6.12. The Kier molecular flexibility index (Phi) is 6.97. The van der Waals surface area contributed by atoms with Gasteiger partial charge in [0.1, 0.15) is 0 Å². The summed E-state index contributed by atoms with van der Waals surface area (Å²) in [6.07, 6.45) is -0.624. The first-order chi connectivity index (χ1) is 11.6. The van der Waals surface area contributed by atoms with Crippen LogP contribution in [0.25, 0.3) is 0 Å². The van der Waals surface area contributed by atoms with E-state index in [2.05, 4.69) is 34.5 Å². The Bertz CT molecular complexity index is 575. The largest absolute Gasteiger partial charge is 0.390 e. The molecular weight excluding hydrogens is 300 g/mol. The van der Waals surface area contributed by atoms with E-state index in [0.29, 0.717) is 0 Å². The molecule has 4 heteroatoms. The highest BCUT2D eigenvalue weighted by molar-refractivity contribution is 5.72. The number of aliphatic hydroxyl groups is 1. The number of benzene rings is 2. The van der Waals surface area contributed by atoms with E-state index in [9.17, 15) is 9.90 Å². The number of nitrogens with zero attached hydrogens (tertiary/aromatic N) is 1. The average Bonchev–Trinajstić information content (AvgIpc) is 2.60. The summed E-state index contributed by atoms with van der Waals surface area (Å²) in [5.41, 5.74) is 2.40. The maximum atomic E-state index is 11.1. The monoisotopic (exact) mass is 326 g/mol. The Balaban J connectivity index is 2.10. The van der Waals surface area contributed by atoms with Gasteiger partial charge in [0.15, 0.2) is 0 Å². The van der Waals surface area contributed by atoms with Crippen LogP contribution in [0.15, 0.2) is 60.7 Å². The van der Waals surface area contributed by atoms with Crippen molar-refractivity contribution in [2.75, 3.05) is 6.54 Å². The number of hydrogen-bond donors (Lipinski definition) is 2. The first-order valence-corrected chi connectivity index (χ1v) is 8.30. The van der Waals surface area contributed by atoms with E-state index >= 15 is 0 Å². The summed E-state index contributed by atoms with van der Waals surface area (Å²) in [4.78, 5) is 13.3. The zero-order valence-corrected chi connectivity index (χ0v) is 14.4. The molecule has 0 aliphatic rings. The lowest BCUT2D eigenvalue weighted by atomic mass is 10.1. The molecule has 1 amide bonds. The lowest BCUT2D eigenvalue weighted by Crippen LogP contribution is -2.46. The van der Waals surface area contributed by atoms with Gasteiger partial charge in [0, 0.05) is 32.6 Å². The van der Waals surface area contributed by atoms with E-state index in [4.69, 9.17) is 0 Å². The van der Waals surface area contributed by atoms with Gasteiger partial charge in [0.25, 0.3) is 0 Å². The van der Waals surface area contributed by atoms with Crippen LogP contribution in [0.2, 0.25) is 0 Å². The van der Waals surface area contributed by atoms with Crippen molar-refractivity contribution >= 4 is 5.91 Å². The van der Waals surface area contributed by atoms with Crippen LogP contribution in [0, 0.1) is 0 Å². The number of amides is 1. The fourth-order valence-electron chi connectivity index (χ4n) is 2.64. The number of carbonyl (C=O) groups is 1. The number of carbonyl (C=O) groups excluding carboxylic acids is 1. The molecule has 4 nitrogen and oxygen atoms in total. The fraction of sp³-hybridized carbons (Fsp3) is 0.350. The molecule has 0 aromatic heterocycles. The summed E-state index contributed by atoms with van der Waals surface area (Å²) >= 11 is 0. The van der Waals surface area contributed by atoms with Crippen LogP contribution in [0.1, 0.15) is 25.0 Å². The van der Waals surface area contributed by atoms with Gasteiger partial charge in [-0.3, -0.25) is 9.69 Å². The van der Waals surface area contributed by atoms with Crippen LogP contribution in [-0.2, 0) is 17.9 Å². The molecule has 2 rings (SSSR count). The maximum Gasteiger partial charge on any atom is 0.216 e. The second-order valence-electron chi connectivity index (χ2n) is 6.12. The Morgan fingerprint density at radius 1 is 1.00 bits per heavy atom.